The standard InChI is InChI=1S/C28H42F4N2O8/c29-22-20-23(30)27(32)28(26(22)31)42-25(36)7-2-1-6-24(35)34(21-4-3-5-21)9-11-38-13-15-40-17-19-41-18-16-39-14-12-37-10-8-33/h20-21H,1-19,33H2. The molecule has 0 atom stereocenters. The van der Waals surface area contributed by atoms with Crippen molar-refractivity contribution in [2.45, 2.75) is 51.0 Å². The fourth-order valence-corrected chi connectivity index (χ4v) is 3.93. The number of carbonyl (C=O) groups is 2. The number of benzene rings is 1. The number of amides is 1. The number of nitrogens with two attached hydrogens (primary N) is 1. The molecule has 0 heterocycles. The molecular weight excluding hydrogens is 568 g/mol. The summed E-state index contributed by atoms with van der Waals surface area (Å²) in [5.74, 6) is -9.45. The molecule has 0 aromatic heterocycles. The number of halogens is 4. The maximum atomic E-state index is 13.7. The summed E-state index contributed by atoms with van der Waals surface area (Å²) in [5.41, 5.74) is 5.32. The Hall–Kier alpha value is -2.36. The summed E-state index contributed by atoms with van der Waals surface area (Å²) in [6.07, 6.45) is 3.27. The molecule has 14 heteroatoms. The Morgan fingerprint density at radius 2 is 1.21 bits per heavy atom. The van der Waals surface area contributed by atoms with Crippen molar-refractivity contribution in [3.63, 3.8) is 0 Å². The second kappa shape index (κ2) is 21.3. The number of hydrogen-bond acceptors (Lipinski definition) is 9. The maximum Gasteiger partial charge on any atom is 0.311 e. The van der Waals surface area contributed by atoms with Gasteiger partial charge in [-0.1, -0.05) is 0 Å². The van der Waals surface area contributed by atoms with Gasteiger partial charge in [0.15, 0.2) is 11.6 Å². The molecule has 1 aliphatic rings. The molecule has 0 aliphatic heterocycles. The van der Waals surface area contributed by atoms with E-state index in [0.717, 1.165) is 19.3 Å². The van der Waals surface area contributed by atoms with Crippen LogP contribution < -0.4 is 10.5 Å². The second-order valence-electron chi connectivity index (χ2n) is 9.50. The van der Waals surface area contributed by atoms with Crippen molar-refractivity contribution in [3.8, 4) is 5.75 Å². The number of unbranched alkanes of at least 4 members (excludes halogenated alkanes) is 1. The van der Waals surface area contributed by atoms with Crippen molar-refractivity contribution in [1.29, 1.82) is 0 Å². The Morgan fingerprint density at radius 3 is 1.69 bits per heavy atom. The van der Waals surface area contributed by atoms with Crippen molar-refractivity contribution in [3.05, 3.63) is 29.3 Å². The van der Waals surface area contributed by atoms with Crippen LogP contribution in [0.2, 0.25) is 0 Å². The minimum Gasteiger partial charge on any atom is -0.420 e. The van der Waals surface area contributed by atoms with Crippen molar-refractivity contribution in [2.75, 3.05) is 79.2 Å². The smallest absolute Gasteiger partial charge is 0.311 e. The molecule has 10 nitrogen and oxygen atoms in total. The van der Waals surface area contributed by atoms with Gasteiger partial charge in [-0.25, -0.2) is 8.78 Å². The highest BCUT2D eigenvalue weighted by Crippen LogP contribution is 2.27. The largest absolute Gasteiger partial charge is 0.420 e. The van der Waals surface area contributed by atoms with E-state index in [1.165, 1.54) is 0 Å². The van der Waals surface area contributed by atoms with Gasteiger partial charge in [-0.05, 0) is 32.1 Å². The zero-order valence-electron chi connectivity index (χ0n) is 23.9. The maximum absolute atomic E-state index is 13.7. The molecule has 0 spiro atoms. The van der Waals surface area contributed by atoms with E-state index in [9.17, 15) is 27.2 Å². The summed E-state index contributed by atoms with van der Waals surface area (Å²) in [4.78, 5) is 26.5. The van der Waals surface area contributed by atoms with Gasteiger partial charge >= 0.3 is 5.97 Å². The predicted molar refractivity (Wildman–Crippen MR) is 143 cm³/mol. The summed E-state index contributed by atoms with van der Waals surface area (Å²) in [7, 11) is 0. The third kappa shape index (κ3) is 13.7. The first-order valence-corrected chi connectivity index (χ1v) is 14.3. The third-order valence-electron chi connectivity index (χ3n) is 6.37. The SMILES string of the molecule is NCCOCCOCCOCCOCCOCCN(C(=O)CCCCC(=O)Oc1c(F)c(F)cc(F)c1F)C1CCC1. The van der Waals surface area contributed by atoms with Gasteiger partial charge in [-0.15, -0.1) is 0 Å². The van der Waals surface area contributed by atoms with Crippen LogP contribution in [0, 0.1) is 23.3 Å². The summed E-state index contributed by atoms with van der Waals surface area (Å²) >= 11 is 0. The lowest BCUT2D eigenvalue weighted by molar-refractivity contribution is -0.137. The molecule has 0 radical (unpaired) electrons. The normalized spacial score (nSPS) is 13.3. The van der Waals surface area contributed by atoms with E-state index in [1.54, 1.807) is 4.90 Å². The molecule has 1 fully saturated rings. The molecule has 0 bridgehead atoms. The van der Waals surface area contributed by atoms with Gasteiger partial charge in [0.1, 0.15) is 0 Å². The molecule has 1 saturated carbocycles. The molecular formula is C28H42F4N2O8. The topological polar surface area (TPSA) is 119 Å². The van der Waals surface area contributed by atoms with Gasteiger partial charge in [-0.2, -0.15) is 8.78 Å². The minimum atomic E-state index is -1.78. The first-order chi connectivity index (χ1) is 20.3. The van der Waals surface area contributed by atoms with E-state index < -0.39 is 35.0 Å². The van der Waals surface area contributed by atoms with Gasteiger partial charge in [0, 0.05) is 38.0 Å². The number of rotatable bonds is 24. The van der Waals surface area contributed by atoms with Crippen LogP contribution in [0.3, 0.4) is 0 Å². The van der Waals surface area contributed by atoms with Crippen molar-refractivity contribution in [2.24, 2.45) is 5.73 Å². The number of ether oxygens (including phenoxy) is 6. The molecule has 42 heavy (non-hydrogen) atoms. The molecule has 1 aromatic carbocycles. The van der Waals surface area contributed by atoms with E-state index in [4.69, 9.17) is 29.4 Å². The van der Waals surface area contributed by atoms with E-state index in [1.807, 2.05) is 0 Å². The van der Waals surface area contributed by atoms with Crippen molar-refractivity contribution in [1.82, 2.24) is 4.90 Å². The lowest BCUT2D eigenvalue weighted by Gasteiger charge is -2.37. The number of nitrogens with zero attached hydrogens (tertiary/aromatic N) is 1. The van der Waals surface area contributed by atoms with Crippen LogP contribution in [-0.4, -0.2) is 102 Å². The average Bonchev–Trinajstić information content (AvgIpc) is 2.94. The highest BCUT2D eigenvalue weighted by atomic mass is 19.2. The molecule has 1 amide bonds. The summed E-state index contributed by atoms with van der Waals surface area (Å²) in [5, 5.41) is 0. The minimum absolute atomic E-state index is 0.0289. The van der Waals surface area contributed by atoms with Crippen LogP contribution in [-0.2, 0) is 33.3 Å². The van der Waals surface area contributed by atoms with Crippen LogP contribution in [0.1, 0.15) is 44.9 Å². The number of esters is 1. The molecule has 1 aliphatic carbocycles. The van der Waals surface area contributed by atoms with Gasteiger partial charge in [0.25, 0.3) is 0 Å². The van der Waals surface area contributed by atoms with E-state index in [2.05, 4.69) is 4.74 Å². The quantitative estimate of drug-likeness (QED) is 0.0619. The molecule has 2 N–H and O–H groups in total. The fourth-order valence-electron chi connectivity index (χ4n) is 3.93. The van der Waals surface area contributed by atoms with Crippen molar-refractivity contribution < 1.29 is 55.6 Å². The predicted octanol–water partition coefficient (Wildman–Crippen LogP) is 3.13. The van der Waals surface area contributed by atoms with E-state index >= 15 is 0 Å². The van der Waals surface area contributed by atoms with Crippen LogP contribution in [0.15, 0.2) is 6.07 Å². The molecule has 1 aromatic rings. The highest BCUT2D eigenvalue weighted by molar-refractivity contribution is 5.77. The molecule has 0 unspecified atom stereocenters. The molecule has 0 saturated heterocycles. The van der Waals surface area contributed by atoms with Crippen LogP contribution in [0.5, 0.6) is 5.75 Å². The second-order valence-corrected chi connectivity index (χ2v) is 9.50. The average molecular weight is 611 g/mol. The Kier molecular flexibility index (Phi) is 18.2. The summed E-state index contributed by atoms with van der Waals surface area (Å²) < 4.78 is 85.4. The lowest BCUT2D eigenvalue weighted by Crippen LogP contribution is -2.45. The Balaban J connectivity index is 1.52. The first kappa shape index (κ1) is 35.8. The highest BCUT2D eigenvalue weighted by Gasteiger charge is 2.28. The molecule has 240 valence electrons. The zero-order chi connectivity index (χ0) is 30.6. The summed E-state index contributed by atoms with van der Waals surface area (Å²) in [6.45, 7) is 5.33. The van der Waals surface area contributed by atoms with Gasteiger partial charge in [-0.3, -0.25) is 9.59 Å². The van der Waals surface area contributed by atoms with Crippen molar-refractivity contribution >= 4 is 11.9 Å². The molecule has 2 rings (SSSR count). The number of hydrogen-bond donors (Lipinski definition) is 1. The fraction of sp³-hybridized carbons (Fsp3) is 0.714. The lowest BCUT2D eigenvalue weighted by atomic mass is 9.91. The Bertz CT molecular complexity index is 913. The third-order valence-corrected chi connectivity index (χ3v) is 6.37. The number of carbonyl (C=O) groups excluding carboxylic acids is 2. The van der Waals surface area contributed by atoms with Crippen LogP contribution in [0.4, 0.5) is 17.6 Å². The van der Waals surface area contributed by atoms with Gasteiger partial charge in [0.2, 0.25) is 23.3 Å². The van der Waals surface area contributed by atoms with E-state index in [-0.39, 0.29) is 37.3 Å². The van der Waals surface area contributed by atoms with Crippen LogP contribution >= 0.6 is 0 Å². The van der Waals surface area contributed by atoms with Gasteiger partial charge < -0.3 is 39.1 Å². The summed E-state index contributed by atoms with van der Waals surface area (Å²) in [6, 6.07) is 0.178. The first-order valence-electron chi connectivity index (χ1n) is 14.3. The van der Waals surface area contributed by atoms with E-state index in [0.29, 0.717) is 85.6 Å². The Morgan fingerprint density at radius 1 is 0.738 bits per heavy atom. The monoisotopic (exact) mass is 610 g/mol. The zero-order valence-corrected chi connectivity index (χ0v) is 23.9. The van der Waals surface area contributed by atoms with Gasteiger partial charge in [0.05, 0.1) is 66.1 Å². The Labute approximate surface area is 243 Å². The van der Waals surface area contributed by atoms with Crippen LogP contribution in [0.25, 0.3) is 0 Å².